The van der Waals surface area contributed by atoms with Crippen LogP contribution in [0, 0.1) is 11.7 Å². The summed E-state index contributed by atoms with van der Waals surface area (Å²) in [6.45, 7) is 4.09. The Morgan fingerprint density at radius 1 is 1.35 bits per heavy atom. The number of rotatable bonds is 6. The molecule has 1 aromatic carbocycles. The lowest BCUT2D eigenvalue weighted by Gasteiger charge is -2.41. The van der Waals surface area contributed by atoms with Crippen molar-refractivity contribution in [3.05, 3.63) is 53.8 Å². The van der Waals surface area contributed by atoms with Crippen molar-refractivity contribution in [3.8, 4) is 11.3 Å². The van der Waals surface area contributed by atoms with Crippen LogP contribution in [0.4, 0.5) is 4.39 Å². The molecule has 3 aliphatic rings. The number of Topliss-reactive ketones (excluding diaryl/α,β-unsaturated/α-hetero) is 1. The Morgan fingerprint density at radius 2 is 2.13 bits per heavy atom. The highest BCUT2D eigenvalue weighted by Gasteiger charge is 2.44. The molecular weight excluding hydrogens is 395 g/mol. The van der Waals surface area contributed by atoms with E-state index in [1.807, 2.05) is 24.5 Å². The van der Waals surface area contributed by atoms with Gasteiger partial charge in [-0.2, -0.15) is 0 Å². The highest BCUT2D eigenvalue weighted by molar-refractivity contribution is 5.88. The Labute approximate surface area is 181 Å². The van der Waals surface area contributed by atoms with Crippen LogP contribution in [-0.2, 0) is 9.53 Å². The number of carbonyl (C=O) groups is 1. The Bertz CT molecular complexity index is 1030. The van der Waals surface area contributed by atoms with E-state index in [2.05, 4.69) is 11.1 Å². The van der Waals surface area contributed by atoms with Crippen LogP contribution < -0.4 is 0 Å². The zero-order chi connectivity index (χ0) is 21.8. The predicted molar refractivity (Wildman–Crippen MR) is 115 cm³/mol. The average Bonchev–Trinajstić information content (AvgIpc) is 3.30. The van der Waals surface area contributed by atoms with Crippen molar-refractivity contribution >= 4 is 5.78 Å². The van der Waals surface area contributed by atoms with Gasteiger partial charge in [0.05, 0.1) is 36.5 Å². The molecule has 1 unspecified atom stereocenters. The number of nitrogens with zero attached hydrogens (tertiary/aromatic N) is 2. The van der Waals surface area contributed by atoms with Gasteiger partial charge in [-0.25, -0.2) is 9.37 Å². The Hall–Kier alpha value is -2.31. The number of carbonyl (C=O) groups excluding carboxylic acids is 1. The minimum atomic E-state index is -1.34. The summed E-state index contributed by atoms with van der Waals surface area (Å²) < 4.78 is 22.5. The molecule has 5 nitrogen and oxygen atoms in total. The van der Waals surface area contributed by atoms with E-state index in [1.165, 1.54) is 11.6 Å². The zero-order valence-electron chi connectivity index (χ0n) is 18.1. The zero-order valence-corrected chi connectivity index (χ0v) is 18.1. The fourth-order valence-electron chi connectivity index (χ4n) is 5.52. The van der Waals surface area contributed by atoms with Gasteiger partial charge in [-0.15, -0.1) is 0 Å². The van der Waals surface area contributed by atoms with Gasteiger partial charge in [-0.05, 0) is 63.5 Å². The standard InChI is InChI=1S/C25H29FN2O3/c1-15(2)31-22-7-6-17(22)16-8-10-25(30,11-9-16)23(29)12-20-24-18(4-3-5-19(24)26)21-13-27-14-28(20)21/h3-6,13-16,20,22,30H,7-12H2,1-2H3/t16?,20?,22-,25?/m1/s1. The third-order valence-corrected chi connectivity index (χ3v) is 7.22. The number of hydrogen-bond donors (Lipinski definition) is 1. The van der Waals surface area contributed by atoms with Crippen LogP contribution in [0.2, 0.25) is 0 Å². The lowest BCUT2D eigenvalue weighted by molar-refractivity contribution is -0.142. The van der Waals surface area contributed by atoms with Crippen molar-refractivity contribution in [2.45, 2.75) is 76.2 Å². The number of aromatic nitrogens is 2. The molecular formula is C25H29FN2O3. The van der Waals surface area contributed by atoms with E-state index in [0.29, 0.717) is 24.3 Å². The first-order chi connectivity index (χ1) is 14.9. The maximum absolute atomic E-state index is 14.7. The molecule has 0 amide bonds. The molecule has 6 heteroatoms. The van der Waals surface area contributed by atoms with Crippen LogP contribution in [0.3, 0.4) is 0 Å². The molecule has 0 radical (unpaired) electrons. The van der Waals surface area contributed by atoms with Gasteiger partial charge in [0, 0.05) is 17.5 Å². The minimum Gasteiger partial charge on any atom is -0.382 e. The van der Waals surface area contributed by atoms with Gasteiger partial charge in [0.1, 0.15) is 11.4 Å². The van der Waals surface area contributed by atoms with E-state index < -0.39 is 11.6 Å². The van der Waals surface area contributed by atoms with Crippen LogP contribution in [0.15, 0.2) is 42.4 Å². The summed E-state index contributed by atoms with van der Waals surface area (Å²) in [6.07, 6.45) is 9.41. The van der Waals surface area contributed by atoms with Gasteiger partial charge in [-0.3, -0.25) is 4.79 Å². The van der Waals surface area contributed by atoms with E-state index >= 15 is 0 Å². The summed E-state index contributed by atoms with van der Waals surface area (Å²) in [7, 11) is 0. The summed E-state index contributed by atoms with van der Waals surface area (Å²) in [6, 6.07) is 4.51. The molecule has 164 valence electrons. The van der Waals surface area contributed by atoms with E-state index in [0.717, 1.165) is 30.5 Å². The first kappa shape index (κ1) is 20.6. The van der Waals surface area contributed by atoms with Crippen molar-refractivity contribution in [1.29, 1.82) is 0 Å². The number of hydrogen-bond acceptors (Lipinski definition) is 4. The molecule has 2 atom stereocenters. The van der Waals surface area contributed by atoms with Gasteiger partial charge >= 0.3 is 0 Å². The van der Waals surface area contributed by atoms with Gasteiger partial charge in [-0.1, -0.05) is 18.2 Å². The van der Waals surface area contributed by atoms with E-state index in [9.17, 15) is 14.3 Å². The largest absolute Gasteiger partial charge is 0.382 e. The molecule has 0 saturated heterocycles. The fourth-order valence-corrected chi connectivity index (χ4v) is 5.52. The number of halogens is 1. The molecule has 5 rings (SSSR count). The van der Waals surface area contributed by atoms with Crippen LogP contribution in [0.1, 0.15) is 64.0 Å². The fraction of sp³-hybridized carbons (Fsp3) is 0.520. The van der Waals surface area contributed by atoms with Crippen molar-refractivity contribution in [1.82, 2.24) is 9.55 Å². The number of fused-ring (bicyclic) bond motifs is 3. The Kier molecular flexibility index (Phi) is 5.10. The molecule has 2 aromatic rings. The SMILES string of the molecule is CC(C)O[C@@H]1CC=C1C1CCC(O)(C(=O)CC2c3c(F)cccc3-c3cncn32)CC1. The van der Waals surface area contributed by atoms with Crippen molar-refractivity contribution in [3.63, 3.8) is 0 Å². The third-order valence-electron chi connectivity index (χ3n) is 7.22. The minimum absolute atomic E-state index is 0.0697. The van der Waals surface area contributed by atoms with Crippen LogP contribution in [0.5, 0.6) is 0 Å². The van der Waals surface area contributed by atoms with Crippen LogP contribution in [-0.4, -0.2) is 38.2 Å². The summed E-state index contributed by atoms with van der Waals surface area (Å²) in [5.74, 6) is -0.150. The normalized spacial score (nSPS) is 29.3. The van der Waals surface area contributed by atoms with E-state index in [4.69, 9.17) is 4.74 Å². The molecule has 1 aromatic heterocycles. The van der Waals surface area contributed by atoms with Gasteiger partial charge in [0.2, 0.25) is 0 Å². The molecule has 1 N–H and O–H groups in total. The molecule has 0 spiro atoms. The summed E-state index contributed by atoms with van der Waals surface area (Å²) in [5.41, 5.74) is 2.11. The number of imidazole rings is 1. The molecule has 1 saturated carbocycles. The Balaban J connectivity index is 1.28. The first-order valence-electron chi connectivity index (χ1n) is 11.3. The van der Waals surface area contributed by atoms with Crippen molar-refractivity contribution < 1.29 is 19.0 Å². The lowest BCUT2D eigenvalue weighted by atomic mass is 9.69. The first-order valence-corrected chi connectivity index (χ1v) is 11.3. The lowest BCUT2D eigenvalue weighted by Crippen LogP contribution is -2.44. The molecule has 1 fully saturated rings. The summed E-state index contributed by atoms with van der Waals surface area (Å²) >= 11 is 0. The maximum Gasteiger partial charge on any atom is 0.166 e. The molecule has 31 heavy (non-hydrogen) atoms. The van der Waals surface area contributed by atoms with Crippen molar-refractivity contribution in [2.24, 2.45) is 5.92 Å². The van der Waals surface area contributed by atoms with Crippen molar-refractivity contribution in [2.75, 3.05) is 0 Å². The quantitative estimate of drug-likeness (QED) is 0.689. The number of ketones is 1. The summed E-state index contributed by atoms with van der Waals surface area (Å²) in [5, 5.41) is 11.2. The number of aliphatic hydroxyl groups is 1. The van der Waals surface area contributed by atoms with Crippen LogP contribution >= 0.6 is 0 Å². The Morgan fingerprint density at radius 3 is 2.81 bits per heavy atom. The van der Waals surface area contributed by atoms with Gasteiger partial charge in [0.25, 0.3) is 0 Å². The number of ether oxygens (including phenoxy) is 1. The number of benzene rings is 1. The van der Waals surface area contributed by atoms with Gasteiger partial charge < -0.3 is 14.4 Å². The molecule has 1 aliphatic heterocycles. The molecule has 2 aliphatic carbocycles. The second-order valence-corrected chi connectivity index (χ2v) is 9.45. The van der Waals surface area contributed by atoms with E-state index in [1.54, 1.807) is 18.6 Å². The summed E-state index contributed by atoms with van der Waals surface area (Å²) in [4.78, 5) is 17.4. The van der Waals surface area contributed by atoms with E-state index in [-0.39, 0.29) is 30.2 Å². The molecule has 0 bridgehead atoms. The monoisotopic (exact) mass is 424 g/mol. The van der Waals surface area contributed by atoms with Crippen LogP contribution in [0.25, 0.3) is 11.3 Å². The highest BCUT2D eigenvalue weighted by atomic mass is 19.1. The average molecular weight is 425 g/mol. The second-order valence-electron chi connectivity index (χ2n) is 9.45. The molecule has 2 heterocycles. The predicted octanol–water partition coefficient (Wildman–Crippen LogP) is 4.60. The second kappa shape index (κ2) is 7.68. The maximum atomic E-state index is 14.7. The highest BCUT2D eigenvalue weighted by Crippen LogP contribution is 2.46. The third kappa shape index (κ3) is 3.46. The topological polar surface area (TPSA) is 64.3 Å². The van der Waals surface area contributed by atoms with Gasteiger partial charge in [0.15, 0.2) is 5.78 Å². The smallest absolute Gasteiger partial charge is 0.166 e.